The first-order valence-electron chi connectivity index (χ1n) is 5.99. The van der Waals surface area contributed by atoms with E-state index in [2.05, 4.69) is 10.3 Å². The van der Waals surface area contributed by atoms with Gasteiger partial charge in [0.15, 0.2) is 0 Å². The minimum atomic E-state index is -2.57. The van der Waals surface area contributed by atoms with Gasteiger partial charge in [-0.2, -0.15) is 0 Å². The summed E-state index contributed by atoms with van der Waals surface area (Å²) in [5.41, 5.74) is 0.636. The van der Waals surface area contributed by atoms with E-state index in [1.807, 2.05) is 4.90 Å². The number of amides is 1. The lowest BCUT2D eigenvalue weighted by Crippen LogP contribution is -2.39. The van der Waals surface area contributed by atoms with Crippen LogP contribution in [0.25, 0.3) is 0 Å². The van der Waals surface area contributed by atoms with Crippen molar-refractivity contribution in [2.75, 3.05) is 18.4 Å². The summed E-state index contributed by atoms with van der Waals surface area (Å²) < 4.78 is 26.0. The Balaban J connectivity index is 1.94. The molecule has 5 nitrogen and oxygen atoms in total. The molecule has 1 aromatic rings. The Kier molecular flexibility index (Phi) is 3.94. The van der Waals surface area contributed by atoms with Crippen LogP contribution in [0.4, 0.5) is 19.4 Å². The number of anilines is 1. The van der Waals surface area contributed by atoms with Gasteiger partial charge in [0.25, 0.3) is 5.92 Å². The molecule has 7 heteroatoms. The molecule has 0 bridgehead atoms. The molecule has 0 radical (unpaired) electrons. The highest BCUT2D eigenvalue weighted by molar-refractivity contribution is 5.79. The number of carboxylic acid groups (broad SMARTS) is 1. The Morgan fingerprint density at radius 2 is 2.11 bits per heavy atom. The number of carbonyl (C=O) groups excluding carboxylic acids is 1. The molecule has 2 heterocycles. The summed E-state index contributed by atoms with van der Waals surface area (Å²) in [6.45, 7) is 1.05. The van der Waals surface area contributed by atoms with Crippen LogP contribution in [0.15, 0.2) is 18.2 Å². The van der Waals surface area contributed by atoms with Crippen molar-refractivity contribution in [2.24, 2.45) is 0 Å². The maximum absolute atomic E-state index is 13.0. The first-order chi connectivity index (χ1) is 8.94. The summed E-state index contributed by atoms with van der Waals surface area (Å²) in [7, 11) is 0. The maximum Gasteiger partial charge on any atom is 0.250 e. The Labute approximate surface area is 109 Å². The zero-order valence-corrected chi connectivity index (χ0v) is 10.2. The molecule has 1 amide bonds. The molecule has 1 N–H and O–H groups in total. The van der Waals surface area contributed by atoms with Gasteiger partial charge in [0.1, 0.15) is 11.9 Å². The van der Waals surface area contributed by atoms with Crippen LogP contribution in [0.1, 0.15) is 18.5 Å². The summed E-state index contributed by atoms with van der Waals surface area (Å²) in [5, 5.41) is 12.4. The van der Waals surface area contributed by atoms with Gasteiger partial charge < -0.3 is 15.2 Å². The van der Waals surface area contributed by atoms with Gasteiger partial charge in [-0.1, -0.05) is 6.07 Å². The number of hydrogen-bond acceptors (Lipinski definition) is 4. The van der Waals surface area contributed by atoms with Crippen molar-refractivity contribution in [2.45, 2.75) is 25.3 Å². The molecule has 0 aromatic carbocycles. The van der Waals surface area contributed by atoms with E-state index in [0.717, 1.165) is 0 Å². The highest BCUT2D eigenvalue weighted by Crippen LogP contribution is 2.28. The summed E-state index contributed by atoms with van der Waals surface area (Å²) in [5.74, 6) is -2.39. The van der Waals surface area contributed by atoms with Gasteiger partial charge in [0.05, 0.1) is 5.69 Å². The number of hydrogen-bond donors (Lipinski definition) is 1. The maximum atomic E-state index is 13.0. The van der Waals surface area contributed by atoms with E-state index in [9.17, 15) is 18.7 Å². The Hall–Kier alpha value is -1.76. The molecular formula is C12H14F2N3O2-. The first-order valence-corrected chi connectivity index (χ1v) is 5.99. The van der Waals surface area contributed by atoms with Crippen molar-refractivity contribution in [3.8, 4) is 0 Å². The van der Waals surface area contributed by atoms with Crippen molar-refractivity contribution in [1.29, 1.82) is 0 Å². The quantitative estimate of drug-likeness (QED) is 0.892. The van der Waals surface area contributed by atoms with Crippen LogP contribution in [0.2, 0.25) is 0 Å². The predicted molar refractivity (Wildman–Crippen MR) is 62.7 cm³/mol. The van der Waals surface area contributed by atoms with E-state index in [1.54, 1.807) is 12.1 Å². The van der Waals surface area contributed by atoms with Crippen molar-refractivity contribution in [1.82, 2.24) is 9.88 Å². The highest BCUT2D eigenvalue weighted by atomic mass is 19.3. The standard InChI is InChI=1S/C12H15F2N3O2/c13-12(14)4-6-17(7-5-12)8-9-2-1-3-10(15-9)16-11(18)19/h1-3H,4-8H2,(H,15,16)(H,18,19)/p-1. The first kappa shape index (κ1) is 13.7. The second-order valence-corrected chi connectivity index (χ2v) is 4.56. The van der Waals surface area contributed by atoms with Crippen LogP contribution < -0.4 is 10.4 Å². The number of nitrogens with one attached hydrogen (secondary N) is 1. The number of piperidine rings is 1. The molecule has 0 aliphatic carbocycles. The van der Waals surface area contributed by atoms with Crippen LogP contribution >= 0.6 is 0 Å². The van der Waals surface area contributed by atoms with Crippen LogP contribution in [-0.4, -0.2) is 35.0 Å². The number of aromatic nitrogens is 1. The third-order valence-electron chi connectivity index (χ3n) is 3.01. The monoisotopic (exact) mass is 270 g/mol. The number of rotatable bonds is 3. The second-order valence-electron chi connectivity index (χ2n) is 4.56. The Morgan fingerprint density at radius 3 is 2.74 bits per heavy atom. The van der Waals surface area contributed by atoms with E-state index in [1.165, 1.54) is 6.07 Å². The van der Waals surface area contributed by atoms with E-state index < -0.39 is 12.0 Å². The van der Waals surface area contributed by atoms with E-state index >= 15 is 0 Å². The second kappa shape index (κ2) is 5.48. The van der Waals surface area contributed by atoms with Crippen LogP contribution in [-0.2, 0) is 6.54 Å². The fraction of sp³-hybridized carbons (Fsp3) is 0.500. The molecular weight excluding hydrogens is 256 g/mol. The number of alkyl halides is 2. The van der Waals surface area contributed by atoms with E-state index in [4.69, 9.17) is 0 Å². The average Bonchev–Trinajstić information content (AvgIpc) is 2.32. The van der Waals surface area contributed by atoms with Gasteiger partial charge in [-0.05, 0) is 12.1 Å². The molecule has 2 rings (SSSR count). The minimum absolute atomic E-state index is 0.149. The lowest BCUT2D eigenvalue weighted by molar-refractivity contribution is -0.242. The van der Waals surface area contributed by atoms with Crippen LogP contribution in [0.3, 0.4) is 0 Å². The van der Waals surface area contributed by atoms with Gasteiger partial charge in [-0.15, -0.1) is 0 Å². The fourth-order valence-corrected chi connectivity index (χ4v) is 2.01. The van der Waals surface area contributed by atoms with Gasteiger partial charge >= 0.3 is 0 Å². The average molecular weight is 270 g/mol. The molecule has 19 heavy (non-hydrogen) atoms. The van der Waals surface area contributed by atoms with Gasteiger partial charge in [0.2, 0.25) is 0 Å². The smallest absolute Gasteiger partial charge is 0.250 e. The largest absolute Gasteiger partial charge is 0.530 e. The Bertz CT molecular complexity index is 458. The highest BCUT2D eigenvalue weighted by Gasteiger charge is 2.33. The number of nitrogens with zero attached hydrogens (tertiary/aromatic N) is 2. The van der Waals surface area contributed by atoms with E-state index in [-0.39, 0.29) is 18.7 Å². The number of pyridine rings is 1. The third kappa shape index (κ3) is 4.13. The fourth-order valence-electron chi connectivity index (χ4n) is 2.01. The van der Waals surface area contributed by atoms with Crippen molar-refractivity contribution >= 4 is 11.9 Å². The SMILES string of the molecule is O=C([O-])Nc1cccc(CN2CCC(F)(F)CC2)n1. The lowest BCUT2D eigenvalue weighted by atomic mass is 10.1. The molecule has 1 aromatic heterocycles. The molecule has 0 saturated carbocycles. The molecule has 0 spiro atoms. The molecule has 0 unspecified atom stereocenters. The zero-order valence-electron chi connectivity index (χ0n) is 10.2. The minimum Gasteiger partial charge on any atom is -0.530 e. The van der Waals surface area contributed by atoms with Gasteiger partial charge in [-0.25, -0.2) is 13.8 Å². The predicted octanol–water partition coefficient (Wildman–Crippen LogP) is 1.07. The summed E-state index contributed by atoms with van der Waals surface area (Å²) in [4.78, 5) is 16.3. The molecule has 0 atom stereocenters. The summed E-state index contributed by atoms with van der Waals surface area (Å²) >= 11 is 0. The summed E-state index contributed by atoms with van der Waals surface area (Å²) in [6, 6.07) is 4.89. The molecule has 1 fully saturated rings. The number of likely N-dealkylation sites (tertiary alicyclic amines) is 1. The van der Waals surface area contributed by atoms with Crippen LogP contribution in [0, 0.1) is 0 Å². The molecule has 104 valence electrons. The topological polar surface area (TPSA) is 68.3 Å². The third-order valence-corrected chi connectivity index (χ3v) is 3.01. The summed E-state index contributed by atoms with van der Waals surface area (Å²) in [6.07, 6.45) is -1.73. The number of halogens is 2. The zero-order chi connectivity index (χ0) is 13.9. The van der Waals surface area contributed by atoms with Crippen molar-refractivity contribution in [3.63, 3.8) is 0 Å². The number of carbonyl (C=O) groups is 1. The van der Waals surface area contributed by atoms with Crippen LogP contribution in [0.5, 0.6) is 0 Å². The molecule has 1 saturated heterocycles. The van der Waals surface area contributed by atoms with Crippen molar-refractivity contribution in [3.05, 3.63) is 23.9 Å². The molecule has 1 aliphatic rings. The molecule has 1 aliphatic heterocycles. The van der Waals surface area contributed by atoms with E-state index in [0.29, 0.717) is 25.3 Å². The normalized spacial score (nSPS) is 19.1. The van der Waals surface area contributed by atoms with Crippen molar-refractivity contribution < 1.29 is 18.7 Å². The van der Waals surface area contributed by atoms with Gasteiger partial charge in [-0.3, -0.25) is 4.90 Å². The lowest BCUT2D eigenvalue weighted by Gasteiger charge is -2.31. The van der Waals surface area contributed by atoms with Gasteiger partial charge in [0, 0.05) is 32.5 Å². The Morgan fingerprint density at radius 1 is 1.42 bits per heavy atom.